The van der Waals surface area contributed by atoms with Crippen LogP contribution in [0.2, 0.25) is 0 Å². The second kappa shape index (κ2) is 5.28. The maximum Gasteiger partial charge on any atom is 0.406 e. The minimum Gasteiger partial charge on any atom is -0.481 e. The first kappa shape index (κ1) is 16.2. The summed E-state index contributed by atoms with van der Waals surface area (Å²) >= 11 is 0. The Bertz CT molecular complexity index is 342. The van der Waals surface area contributed by atoms with E-state index in [0.717, 1.165) is 0 Å². The summed E-state index contributed by atoms with van der Waals surface area (Å²) in [5, 5.41) is 19.1. The van der Waals surface area contributed by atoms with Crippen LogP contribution in [0.3, 0.4) is 0 Å². The number of aliphatic carboxylic acids is 1. The molecule has 1 saturated heterocycles. The van der Waals surface area contributed by atoms with Crippen LogP contribution in [0, 0.1) is 5.41 Å². The third-order valence-electron chi connectivity index (χ3n) is 4.13. The zero-order valence-corrected chi connectivity index (χ0v) is 11.1. The van der Waals surface area contributed by atoms with E-state index in [0.29, 0.717) is 12.8 Å². The molecule has 0 saturated carbocycles. The lowest BCUT2D eigenvalue weighted by molar-refractivity contribution is -0.228. The van der Waals surface area contributed by atoms with Crippen molar-refractivity contribution in [1.82, 2.24) is 4.90 Å². The largest absolute Gasteiger partial charge is 0.481 e. The van der Waals surface area contributed by atoms with Gasteiger partial charge in [0.2, 0.25) is 0 Å². The van der Waals surface area contributed by atoms with Crippen molar-refractivity contribution in [3.8, 4) is 0 Å². The van der Waals surface area contributed by atoms with Crippen molar-refractivity contribution in [2.75, 3.05) is 19.6 Å². The first-order valence-corrected chi connectivity index (χ1v) is 6.35. The second-order valence-corrected chi connectivity index (χ2v) is 5.28. The molecule has 1 unspecified atom stereocenters. The van der Waals surface area contributed by atoms with Crippen molar-refractivity contribution in [3.63, 3.8) is 0 Å². The Balaban J connectivity index is 2.84. The molecule has 112 valence electrons. The third-order valence-corrected chi connectivity index (χ3v) is 4.13. The molecule has 1 fully saturated rings. The van der Waals surface area contributed by atoms with Crippen LogP contribution in [0.4, 0.5) is 13.2 Å². The van der Waals surface area contributed by atoms with E-state index < -0.39 is 36.1 Å². The average Bonchev–Trinajstić information content (AvgIpc) is 2.73. The second-order valence-electron chi connectivity index (χ2n) is 5.28. The molecule has 7 heteroatoms. The first-order chi connectivity index (χ1) is 8.60. The topological polar surface area (TPSA) is 60.8 Å². The van der Waals surface area contributed by atoms with Gasteiger partial charge in [-0.1, -0.05) is 13.8 Å². The van der Waals surface area contributed by atoms with Crippen molar-refractivity contribution in [2.24, 2.45) is 5.41 Å². The summed E-state index contributed by atoms with van der Waals surface area (Å²) in [5.41, 5.74) is -3.75. The van der Waals surface area contributed by atoms with E-state index in [1.807, 2.05) is 0 Å². The van der Waals surface area contributed by atoms with Crippen molar-refractivity contribution in [2.45, 2.75) is 44.9 Å². The molecule has 0 amide bonds. The normalized spacial score (nSPS) is 25.8. The van der Waals surface area contributed by atoms with Crippen molar-refractivity contribution < 1.29 is 28.2 Å². The molecule has 2 N–H and O–H groups in total. The molecule has 1 aliphatic rings. The number of nitrogens with zero attached hydrogens (tertiary/aromatic N) is 1. The zero-order chi connectivity index (χ0) is 14.9. The highest BCUT2D eigenvalue weighted by Crippen LogP contribution is 2.46. The molecule has 0 aromatic rings. The standard InChI is InChI=1S/C12H20F3NO3/c1-3-10(19,4-2)7-16-6-5-11(8-16,9(17)18)12(13,14)15/h19H,3-8H2,1-2H3,(H,17,18). The van der Waals surface area contributed by atoms with Gasteiger partial charge in [-0.05, 0) is 25.8 Å². The fourth-order valence-electron chi connectivity index (χ4n) is 2.44. The highest BCUT2D eigenvalue weighted by molar-refractivity contribution is 5.76. The van der Waals surface area contributed by atoms with Gasteiger partial charge in [0.15, 0.2) is 5.41 Å². The van der Waals surface area contributed by atoms with E-state index in [1.165, 1.54) is 4.90 Å². The number of alkyl halides is 3. The maximum atomic E-state index is 13.0. The fraction of sp³-hybridized carbons (Fsp3) is 0.917. The summed E-state index contributed by atoms with van der Waals surface area (Å²) in [6, 6.07) is 0. The highest BCUT2D eigenvalue weighted by atomic mass is 19.4. The highest BCUT2D eigenvalue weighted by Gasteiger charge is 2.63. The van der Waals surface area contributed by atoms with Gasteiger partial charge in [-0.15, -0.1) is 0 Å². The van der Waals surface area contributed by atoms with Gasteiger partial charge in [0.1, 0.15) is 0 Å². The van der Waals surface area contributed by atoms with Crippen LogP contribution in [0.1, 0.15) is 33.1 Å². The Kier molecular flexibility index (Phi) is 4.51. The number of hydrogen-bond donors (Lipinski definition) is 2. The van der Waals surface area contributed by atoms with Gasteiger partial charge in [0.05, 0.1) is 5.60 Å². The van der Waals surface area contributed by atoms with Crippen LogP contribution >= 0.6 is 0 Å². The summed E-state index contributed by atoms with van der Waals surface area (Å²) in [5.74, 6) is -1.83. The summed E-state index contributed by atoms with van der Waals surface area (Å²) in [6.45, 7) is 3.04. The van der Waals surface area contributed by atoms with Crippen LogP contribution in [0.15, 0.2) is 0 Å². The molecule has 1 atom stereocenters. The van der Waals surface area contributed by atoms with E-state index >= 15 is 0 Å². The number of carboxylic acid groups (broad SMARTS) is 1. The van der Waals surface area contributed by atoms with Crippen LogP contribution in [-0.4, -0.2) is 52.5 Å². The third kappa shape index (κ3) is 3.02. The molecule has 0 aromatic heterocycles. The lowest BCUT2D eigenvalue weighted by atomic mass is 9.86. The van der Waals surface area contributed by atoms with Gasteiger partial charge < -0.3 is 10.2 Å². The molecule has 1 heterocycles. The van der Waals surface area contributed by atoms with Crippen LogP contribution < -0.4 is 0 Å². The molecule has 0 bridgehead atoms. The Hall–Kier alpha value is -0.820. The van der Waals surface area contributed by atoms with E-state index in [2.05, 4.69) is 0 Å². The molecule has 1 rings (SSSR count). The number of rotatable bonds is 5. The minimum absolute atomic E-state index is 0.0358. The van der Waals surface area contributed by atoms with Gasteiger partial charge in [0, 0.05) is 13.1 Å². The molecule has 0 radical (unpaired) electrons. The molecule has 0 spiro atoms. The number of halogens is 3. The lowest BCUT2D eigenvalue weighted by Gasteiger charge is -2.32. The first-order valence-electron chi connectivity index (χ1n) is 6.35. The maximum absolute atomic E-state index is 13.0. The molecule has 19 heavy (non-hydrogen) atoms. The van der Waals surface area contributed by atoms with E-state index in [9.17, 15) is 23.1 Å². The number of hydrogen-bond acceptors (Lipinski definition) is 3. The lowest BCUT2D eigenvalue weighted by Crippen LogP contribution is -2.49. The summed E-state index contributed by atoms with van der Waals surface area (Å²) in [6.07, 6.45) is -4.39. The summed E-state index contributed by atoms with van der Waals surface area (Å²) in [7, 11) is 0. The average molecular weight is 283 g/mol. The molecule has 4 nitrogen and oxygen atoms in total. The number of carbonyl (C=O) groups is 1. The molecule has 1 aliphatic heterocycles. The van der Waals surface area contributed by atoms with Crippen molar-refractivity contribution >= 4 is 5.97 Å². The Morgan fingerprint density at radius 3 is 2.16 bits per heavy atom. The van der Waals surface area contributed by atoms with Crippen LogP contribution in [0.25, 0.3) is 0 Å². The van der Waals surface area contributed by atoms with Gasteiger partial charge in [-0.3, -0.25) is 9.69 Å². The quantitative estimate of drug-likeness (QED) is 0.808. The molecular formula is C12H20F3NO3. The summed E-state index contributed by atoms with van der Waals surface area (Å²) < 4.78 is 38.9. The smallest absolute Gasteiger partial charge is 0.406 e. The monoisotopic (exact) mass is 283 g/mol. The zero-order valence-electron chi connectivity index (χ0n) is 11.1. The molecule has 0 aliphatic carbocycles. The van der Waals surface area contributed by atoms with E-state index in [4.69, 9.17) is 5.11 Å². The van der Waals surface area contributed by atoms with Gasteiger partial charge in [-0.2, -0.15) is 13.2 Å². The summed E-state index contributed by atoms with van der Waals surface area (Å²) in [4.78, 5) is 12.4. The Morgan fingerprint density at radius 2 is 1.84 bits per heavy atom. The predicted molar refractivity (Wildman–Crippen MR) is 62.7 cm³/mol. The Morgan fingerprint density at radius 1 is 1.32 bits per heavy atom. The van der Waals surface area contributed by atoms with E-state index in [-0.39, 0.29) is 13.1 Å². The predicted octanol–water partition coefficient (Wildman–Crippen LogP) is 1.88. The van der Waals surface area contributed by atoms with Gasteiger partial charge >= 0.3 is 12.1 Å². The minimum atomic E-state index is -4.77. The molecular weight excluding hydrogens is 263 g/mol. The van der Waals surface area contributed by atoms with Crippen molar-refractivity contribution in [3.05, 3.63) is 0 Å². The number of aliphatic hydroxyl groups is 1. The van der Waals surface area contributed by atoms with Crippen LogP contribution in [0.5, 0.6) is 0 Å². The fourth-order valence-corrected chi connectivity index (χ4v) is 2.44. The SMILES string of the molecule is CCC(O)(CC)CN1CCC(C(=O)O)(C(F)(F)F)C1. The van der Waals surface area contributed by atoms with Crippen molar-refractivity contribution in [1.29, 1.82) is 0 Å². The van der Waals surface area contributed by atoms with Crippen LogP contribution in [-0.2, 0) is 4.79 Å². The number of β-amino-alcohol motifs (C(OH)–C–C–N with tert-alkyl or cyclic N) is 1. The van der Waals surface area contributed by atoms with E-state index in [1.54, 1.807) is 13.8 Å². The van der Waals surface area contributed by atoms with Gasteiger partial charge in [-0.25, -0.2) is 0 Å². The number of carboxylic acids is 1. The molecule has 0 aromatic carbocycles. The van der Waals surface area contributed by atoms with Gasteiger partial charge in [0.25, 0.3) is 0 Å². The number of likely N-dealkylation sites (tertiary alicyclic amines) is 1. The Labute approximate surface area is 110 Å².